The van der Waals surface area contributed by atoms with Crippen LogP contribution in [0.5, 0.6) is 0 Å². The van der Waals surface area contributed by atoms with E-state index in [0.717, 1.165) is 5.69 Å². The van der Waals surface area contributed by atoms with E-state index in [-0.39, 0.29) is 5.56 Å². The van der Waals surface area contributed by atoms with Crippen LogP contribution in [0.2, 0.25) is 0 Å². The molecular formula is C12H18F3N3. The van der Waals surface area contributed by atoms with E-state index in [1.807, 2.05) is 19.0 Å². The SMILES string of the molecule is CN(C)c1ccc([C@@H](N)C(F)(F)F)c(N(C)C)c1. The van der Waals surface area contributed by atoms with Gasteiger partial charge in [0.25, 0.3) is 0 Å². The van der Waals surface area contributed by atoms with Gasteiger partial charge in [-0.2, -0.15) is 13.2 Å². The van der Waals surface area contributed by atoms with E-state index in [0.29, 0.717) is 5.69 Å². The van der Waals surface area contributed by atoms with Crippen molar-refractivity contribution in [2.45, 2.75) is 12.2 Å². The molecule has 102 valence electrons. The van der Waals surface area contributed by atoms with Crippen LogP contribution in [0.4, 0.5) is 24.5 Å². The Balaban J connectivity index is 3.28. The van der Waals surface area contributed by atoms with Crippen LogP contribution in [0.3, 0.4) is 0 Å². The van der Waals surface area contributed by atoms with Crippen LogP contribution in [0, 0.1) is 0 Å². The van der Waals surface area contributed by atoms with Gasteiger partial charge in [-0.05, 0) is 12.1 Å². The van der Waals surface area contributed by atoms with Crippen LogP contribution in [0.25, 0.3) is 0 Å². The van der Waals surface area contributed by atoms with E-state index < -0.39 is 12.2 Å². The molecule has 0 spiro atoms. The van der Waals surface area contributed by atoms with Gasteiger partial charge in [-0.3, -0.25) is 0 Å². The van der Waals surface area contributed by atoms with Gasteiger partial charge in [-0.1, -0.05) is 6.07 Å². The van der Waals surface area contributed by atoms with Gasteiger partial charge in [0.1, 0.15) is 6.04 Å². The zero-order chi connectivity index (χ0) is 14.1. The quantitative estimate of drug-likeness (QED) is 0.906. The molecule has 0 fully saturated rings. The minimum absolute atomic E-state index is 0.0816. The van der Waals surface area contributed by atoms with Crippen LogP contribution < -0.4 is 15.5 Å². The van der Waals surface area contributed by atoms with E-state index in [1.165, 1.54) is 6.07 Å². The molecule has 0 unspecified atom stereocenters. The zero-order valence-electron chi connectivity index (χ0n) is 10.9. The molecule has 0 saturated heterocycles. The van der Waals surface area contributed by atoms with Crippen LogP contribution in [-0.4, -0.2) is 34.4 Å². The lowest BCUT2D eigenvalue weighted by Crippen LogP contribution is -2.30. The number of anilines is 2. The summed E-state index contributed by atoms with van der Waals surface area (Å²) in [4.78, 5) is 3.46. The minimum Gasteiger partial charge on any atom is -0.378 e. The number of rotatable bonds is 3. The molecule has 3 nitrogen and oxygen atoms in total. The Hall–Kier alpha value is -1.43. The Labute approximate surface area is 105 Å². The van der Waals surface area contributed by atoms with Gasteiger partial charge in [0.15, 0.2) is 0 Å². The lowest BCUT2D eigenvalue weighted by molar-refractivity contribution is -0.149. The monoisotopic (exact) mass is 261 g/mol. The molecule has 2 N–H and O–H groups in total. The number of alkyl halides is 3. The summed E-state index contributed by atoms with van der Waals surface area (Å²) >= 11 is 0. The summed E-state index contributed by atoms with van der Waals surface area (Å²) in [7, 11) is 7.05. The van der Waals surface area contributed by atoms with Gasteiger partial charge >= 0.3 is 6.18 Å². The Bertz CT molecular complexity index is 414. The summed E-state index contributed by atoms with van der Waals surface area (Å²) in [6.45, 7) is 0. The molecule has 1 aromatic rings. The Morgan fingerprint density at radius 2 is 1.61 bits per heavy atom. The van der Waals surface area contributed by atoms with Gasteiger partial charge < -0.3 is 15.5 Å². The predicted octanol–water partition coefficient (Wildman–Crippen LogP) is 2.38. The maximum atomic E-state index is 12.7. The van der Waals surface area contributed by atoms with Crippen molar-refractivity contribution < 1.29 is 13.2 Å². The summed E-state index contributed by atoms with van der Waals surface area (Å²) in [6.07, 6.45) is -4.44. The Morgan fingerprint density at radius 3 is 2.00 bits per heavy atom. The fourth-order valence-electron chi connectivity index (χ4n) is 1.64. The van der Waals surface area contributed by atoms with Gasteiger partial charge in [-0.15, -0.1) is 0 Å². The molecule has 0 aromatic heterocycles. The highest BCUT2D eigenvalue weighted by Crippen LogP contribution is 2.36. The van der Waals surface area contributed by atoms with Gasteiger partial charge in [0, 0.05) is 45.1 Å². The molecule has 1 atom stereocenters. The molecule has 0 aliphatic carbocycles. The van der Waals surface area contributed by atoms with Gasteiger partial charge in [0.2, 0.25) is 0 Å². The second-order valence-electron chi connectivity index (χ2n) is 4.55. The summed E-state index contributed by atoms with van der Waals surface area (Å²) in [5.74, 6) is 0. The third kappa shape index (κ3) is 3.07. The van der Waals surface area contributed by atoms with Crippen molar-refractivity contribution in [3.63, 3.8) is 0 Å². The first kappa shape index (κ1) is 14.6. The minimum atomic E-state index is -4.44. The summed E-state index contributed by atoms with van der Waals surface area (Å²) < 4.78 is 38.1. The van der Waals surface area contributed by atoms with Crippen LogP contribution in [0.1, 0.15) is 11.6 Å². The molecular weight excluding hydrogens is 243 g/mol. The van der Waals surface area contributed by atoms with Gasteiger partial charge in [0.05, 0.1) is 0 Å². The van der Waals surface area contributed by atoms with E-state index in [4.69, 9.17) is 5.73 Å². The molecule has 0 bridgehead atoms. The number of hydrogen-bond acceptors (Lipinski definition) is 3. The maximum absolute atomic E-state index is 12.7. The third-order valence-electron chi connectivity index (χ3n) is 2.70. The van der Waals surface area contributed by atoms with Crippen molar-refractivity contribution in [2.24, 2.45) is 5.73 Å². The van der Waals surface area contributed by atoms with Crippen molar-refractivity contribution in [3.05, 3.63) is 23.8 Å². The molecule has 6 heteroatoms. The average Bonchev–Trinajstić information content (AvgIpc) is 2.25. The first-order chi connectivity index (χ1) is 8.14. The molecule has 1 rings (SSSR count). The van der Waals surface area contributed by atoms with E-state index >= 15 is 0 Å². The number of hydrogen-bond donors (Lipinski definition) is 1. The van der Waals surface area contributed by atoms with E-state index in [2.05, 4.69) is 0 Å². The number of benzene rings is 1. The first-order valence-corrected chi connectivity index (χ1v) is 5.45. The second kappa shape index (κ2) is 5.06. The fourth-order valence-corrected chi connectivity index (χ4v) is 1.64. The Morgan fingerprint density at radius 1 is 1.06 bits per heavy atom. The third-order valence-corrected chi connectivity index (χ3v) is 2.70. The number of nitrogens with two attached hydrogens (primary N) is 1. The maximum Gasteiger partial charge on any atom is 0.407 e. The van der Waals surface area contributed by atoms with Crippen molar-refractivity contribution in [1.29, 1.82) is 0 Å². The standard InChI is InChI=1S/C12H18F3N3/c1-17(2)8-5-6-9(10(7-8)18(3)4)11(16)12(13,14)15/h5-7,11H,16H2,1-4H3/t11-/m1/s1. The van der Waals surface area contributed by atoms with Crippen LogP contribution in [0.15, 0.2) is 18.2 Å². The Kier molecular flexibility index (Phi) is 4.11. The summed E-state index contributed by atoms with van der Waals surface area (Å²) in [6, 6.07) is 2.80. The molecule has 0 heterocycles. The normalized spacial score (nSPS) is 13.3. The van der Waals surface area contributed by atoms with E-state index in [1.54, 1.807) is 31.1 Å². The molecule has 0 aliphatic heterocycles. The molecule has 0 saturated carbocycles. The highest BCUT2D eigenvalue weighted by atomic mass is 19.4. The molecule has 0 amide bonds. The molecule has 18 heavy (non-hydrogen) atoms. The molecule has 1 aromatic carbocycles. The van der Waals surface area contributed by atoms with Crippen molar-refractivity contribution in [1.82, 2.24) is 0 Å². The second-order valence-corrected chi connectivity index (χ2v) is 4.55. The summed E-state index contributed by atoms with van der Waals surface area (Å²) in [5.41, 5.74) is 6.66. The van der Waals surface area contributed by atoms with Crippen LogP contribution in [-0.2, 0) is 0 Å². The predicted molar refractivity (Wildman–Crippen MR) is 68.1 cm³/mol. The highest BCUT2D eigenvalue weighted by Gasteiger charge is 2.39. The lowest BCUT2D eigenvalue weighted by atomic mass is 10.0. The molecule has 0 aliphatic rings. The number of halogens is 3. The highest BCUT2D eigenvalue weighted by molar-refractivity contribution is 5.63. The average molecular weight is 261 g/mol. The van der Waals surface area contributed by atoms with Crippen molar-refractivity contribution in [2.75, 3.05) is 38.0 Å². The topological polar surface area (TPSA) is 32.5 Å². The first-order valence-electron chi connectivity index (χ1n) is 5.45. The van der Waals surface area contributed by atoms with Crippen molar-refractivity contribution in [3.8, 4) is 0 Å². The van der Waals surface area contributed by atoms with Gasteiger partial charge in [-0.25, -0.2) is 0 Å². The van der Waals surface area contributed by atoms with Crippen LogP contribution >= 0.6 is 0 Å². The fraction of sp³-hybridized carbons (Fsp3) is 0.500. The summed E-state index contributed by atoms with van der Waals surface area (Å²) in [5, 5.41) is 0. The smallest absolute Gasteiger partial charge is 0.378 e. The molecule has 0 radical (unpaired) electrons. The lowest BCUT2D eigenvalue weighted by Gasteiger charge is -2.25. The van der Waals surface area contributed by atoms with Crippen molar-refractivity contribution >= 4 is 11.4 Å². The number of nitrogens with zero attached hydrogens (tertiary/aromatic N) is 2. The zero-order valence-corrected chi connectivity index (χ0v) is 10.9. The van der Waals surface area contributed by atoms with E-state index in [9.17, 15) is 13.2 Å². The largest absolute Gasteiger partial charge is 0.407 e.